The minimum absolute atomic E-state index is 1.61. The molecule has 1 unspecified atom stereocenters. The third-order valence-corrected chi connectivity index (χ3v) is 0. The van der Waals surface area contributed by atoms with E-state index in [2.05, 4.69) is 24.2 Å². The summed E-state index contributed by atoms with van der Waals surface area (Å²) in [6.45, 7) is 0. The number of hydrogen-bond donors (Lipinski definition) is 0. The average molecular weight is 99.5 g/mol. The Balaban J connectivity index is 2.32. The first kappa shape index (κ1) is 4.57. The molecular formula is CHClFS. The topological polar surface area (TPSA) is 0 Å². The molecule has 0 heterocycles. The molecule has 0 rings (SSSR count). The van der Waals surface area contributed by atoms with E-state index in [1.165, 1.54) is 0 Å². The molecule has 0 aromatic carbocycles. The third kappa shape index (κ3) is 19.5. The van der Waals surface area contributed by atoms with Gasteiger partial charge in [-0.15, -0.1) is 0 Å². The summed E-state index contributed by atoms with van der Waals surface area (Å²) < 4.78 is 10.6. The van der Waals surface area contributed by atoms with Crippen molar-refractivity contribution in [3.8, 4) is 0 Å². The van der Waals surface area contributed by atoms with Crippen LogP contribution in [0, 0.1) is 0 Å². The fourth-order valence-electron chi connectivity index (χ4n) is 0. The van der Waals surface area contributed by atoms with Crippen LogP contribution in [-0.4, -0.2) is 4.96 Å². The van der Waals surface area contributed by atoms with Crippen LogP contribution in [0.1, 0.15) is 0 Å². The molecule has 0 aliphatic rings. The molecular weight excluding hydrogens is 98.5 g/mol. The minimum Gasteiger partial charge on any atom is -0.217 e. The Hall–Kier alpha value is 0.570. The van der Waals surface area contributed by atoms with Gasteiger partial charge >= 0.3 is 0 Å². The quantitative estimate of drug-likeness (QED) is 0.406. The molecule has 3 heteroatoms. The first-order valence-corrected chi connectivity index (χ1v) is 1.58. The maximum absolute atomic E-state index is 10.6. The first-order chi connectivity index (χ1) is 1.73. The molecule has 0 saturated heterocycles. The van der Waals surface area contributed by atoms with E-state index in [0.717, 1.165) is 0 Å². The van der Waals surface area contributed by atoms with E-state index >= 15 is 0 Å². The molecule has 0 bridgehead atoms. The van der Waals surface area contributed by atoms with E-state index in [1.54, 1.807) is 0 Å². The van der Waals surface area contributed by atoms with E-state index in [1.807, 2.05) is 0 Å². The second kappa shape index (κ2) is 1.85. The van der Waals surface area contributed by atoms with Crippen molar-refractivity contribution in [2.24, 2.45) is 0 Å². The van der Waals surface area contributed by atoms with Gasteiger partial charge in [0.25, 0.3) is 0 Å². The molecule has 0 saturated carbocycles. The van der Waals surface area contributed by atoms with Gasteiger partial charge in [0.2, 0.25) is 4.96 Å². The van der Waals surface area contributed by atoms with Crippen LogP contribution >= 0.6 is 24.2 Å². The second-order valence-electron chi connectivity index (χ2n) is 0.261. The van der Waals surface area contributed by atoms with Crippen molar-refractivity contribution in [3.05, 3.63) is 0 Å². The van der Waals surface area contributed by atoms with Gasteiger partial charge in [0.05, 0.1) is 0 Å². The zero-order valence-corrected chi connectivity index (χ0v) is 3.31. The van der Waals surface area contributed by atoms with Crippen molar-refractivity contribution < 1.29 is 4.39 Å². The zero-order chi connectivity index (χ0) is 3.58. The SMILES string of the molecule is FC([S])Cl. The predicted molar refractivity (Wildman–Crippen MR) is 18.3 cm³/mol. The van der Waals surface area contributed by atoms with Gasteiger partial charge in [-0.05, 0) is 12.6 Å². The van der Waals surface area contributed by atoms with Gasteiger partial charge < -0.3 is 0 Å². The Morgan fingerprint density at radius 3 is 2.00 bits per heavy atom. The Labute approximate surface area is 34.4 Å². The van der Waals surface area contributed by atoms with Gasteiger partial charge in [-0.1, -0.05) is 11.6 Å². The maximum atomic E-state index is 10.6. The summed E-state index contributed by atoms with van der Waals surface area (Å²) in [5, 5.41) is 0. The van der Waals surface area contributed by atoms with E-state index in [-0.39, 0.29) is 0 Å². The summed E-state index contributed by atoms with van der Waals surface area (Å²) in [5.41, 5.74) is 0. The van der Waals surface area contributed by atoms with Gasteiger partial charge in [-0.3, -0.25) is 0 Å². The normalized spacial score (nSPS) is 15.8. The van der Waals surface area contributed by atoms with Crippen molar-refractivity contribution in [1.82, 2.24) is 0 Å². The van der Waals surface area contributed by atoms with Crippen LogP contribution < -0.4 is 0 Å². The monoisotopic (exact) mass is 98.9 g/mol. The number of rotatable bonds is 0. The molecule has 0 amide bonds. The lowest BCUT2D eigenvalue weighted by molar-refractivity contribution is 0.564. The molecule has 0 aromatic heterocycles. The molecule has 0 aromatic rings. The fraction of sp³-hybridized carbons (Fsp3) is 1.00. The summed E-state index contributed by atoms with van der Waals surface area (Å²) in [6, 6.07) is 0. The van der Waals surface area contributed by atoms with Gasteiger partial charge in [-0.25, -0.2) is 4.39 Å². The van der Waals surface area contributed by atoms with Crippen LogP contribution in [0.3, 0.4) is 0 Å². The Morgan fingerprint density at radius 1 is 2.00 bits per heavy atom. The van der Waals surface area contributed by atoms with Crippen molar-refractivity contribution >= 4 is 24.2 Å². The highest BCUT2D eigenvalue weighted by Gasteiger charge is 1.80. The van der Waals surface area contributed by atoms with Gasteiger partial charge in [0, 0.05) is 0 Å². The highest BCUT2D eigenvalue weighted by atomic mass is 35.5. The van der Waals surface area contributed by atoms with Crippen LogP contribution in [-0.2, 0) is 0 Å². The molecule has 1 radical (unpaired) electrons. The molecule has 0 nitrogen and oxygen atoms in total. The Bertz CT molecular complexity index is 12.8. The number of alkyl halides is 2. The zero-order valence-electron chi connectivity index (χ0n) is 1.74. The van der Waals surface area contributed by atoms with Crippen molar-refractivity contribution in [3.63, 3.8) is 0 Å². The van der Waals surface area contributed by atoms with E-state index in [9.17, 15) is 4.39 Å². The van der Waals surface area contributed by atoms with Crippen molar-refractivity contribution in [2.75, 3.05) is 0 Å². The van der Waals surface area contributed by atoms with Gasteiger partial charge in [-0.2, -0.15) is 0 Å². The predicted octanol–water partition coefficient (Wildman–Crippen LogP) is 1.68. The van der Waals surface area contributed by atoms with Gasteiger partial charge in [0.15, 0.2) is 0 Å². The lowest BCUT2D eigenvalue weighted by atomic mass is 11.8. The second-order valence-corrected chi connectivity index (χ2v) is 1.32. The molecule has 0 N–H and O–H groups in total. The lowest BCUT2D eigenvalue weighted by Crippen LogP contribution is -1.59. The van der Waals surface area contributed by atoms with Crippen LogP contribution in [0.5, 0.6) is 0 Å². The minimum atomic E-state index is -1.61. The van der Waals surface area contributed by atoms with Crippen molar-refractivity contribution in [1.29, 1.82) is 0 Å². The highest BCUT2D eigenvalue weighted by Crippen LogP contribution is 1.97. The fourth-order valence-corrected chi connectivity index (χ4v) is 0. The molecule has 0 aliphatic heterocycles. The largest absolute Gasteiger partial charge is 0.229 e. The summed E-state index contributed by atoms with van der Waals surface area (Å²) in [6.07, 6.45) is 0. The molecule has 0 aliphatic carbocycles. The summed E-state index contributed by atoms with van der Waals surface area (Å²) in [7, 11) is 0. The molecule has 1 atom stereocenters. The molecule has 0 spiro atoms. The molecule has 0 fully saturated rings. The smallest absolute Gasteiger partial charge is 0.217 e. The van der Waals surface area contributed by atoms with Gasteiger partial charge in [0.1, 0.15) is 0 Å². The standard InChI is InChI=1S/CHClFS/c2-1(3)4/h1H. The lowest BCUT2D eigenvalue weighted by Gasteiger charge is -1.68. The average Bonchev–Trinajstić information content (AvgIpc) is 0.811. The van der Waals surface area contributed by atoms with Crippen molar-refractivity contribution in [2.45, 2.75) is 4.96 Å². The van der Waals surface area contributed by atoms with E-state index in [0.29, 0.717) is 0 Å². The first-order valence-electron chi connectivity index (χ1n) is 0.672. The number of hydrogen-bond acceptors (Lipinski definition) is 0. The van der Waals surface area contributed by atoms with E-state index in [4.69, 9.17) is 0 Å². The maximum Gasteiger partial charge on any atom is 0.229 e. The highest BCUT2D eigenvalue weighted by molar-refractivity contribution is 7.82. The Kier molecular flexibility index (Phi) is 2.11. The summed E-state index contributed by atoms with van der Waals surface area (Å²) in [5.74, 6) is 0. The molecule has 25 valence electrons. The molecule has 4 heavy (non-hydrogen) atoms. The van der Waals surface area contributed by atoms with Crippen LogP contribution in [0.2, 0.25) is 0 Å². The Morgan fingerprint density at radius 2 is 2.00 bits per heavy atom. The van der Waals surface area contributed by atoms with E-state index < -0.39 is 4.96 Å². The van der Waals surface area contributed by atoms with Crippen LogP contribution in [0.4, 0.5) is 4.39 Å². The summed E-state index contributed by atoms with van der Waals surface area (Å²) in [4.78, 5) is -1.61. The van der Waals surface area contributed by atoms with Crippen LogP contribution in [0.25, 0.3) is 0 Å². The number of halogens is 2. The third-order valence-electron chi connectivity index (χ3n) is 0. The van der Waals surface area contributed by atoms with Crippen LogP contribution in [0.15, 0.2) is 0 Å². The summed E-state index contributed by atoms with van der Waals surface area (Å²) >= 11 is 8.14.